The Kier molecular flexibility index (Phi) is 6.23. The van der Waals surface area contributed by atoms with E-state index in [-0.39, 0.29) is 22.8 Å². The molecule has 9 nitrogen and oxygen atoms in total. The molecule has 0 spiro atoms. The van der Waals surface area contributed by atoms with Gasteiger partial charge in [-0.25, -0.2) is 4.68 Å². The van der Waals surface area contributed by atoms with Gasteiger partial charge in [0.1, 0.15) is 12.3 Å². The first kappa shape index (κ1) is 22.5. The maximum Gasteiger partial charge on any atom is 0.416 e. The molecule has 0 radical (unpaired) electrons. The quantitative estimate of drug-likeness (QED) is 0.456. The van der Waals surface area contributed by atoms with Crippen molar-refractivity contribution in [3.05, 3.63) is 80.6 Å². The maximum absolute atomic E-state index is 13.0. The molecule has 3 rings (SSSR count). The van der Waals surface area contributed by atoms with Gasteiger partial charge in [0.2, 0.25) is 5.91 Å². The fourth-order valence-electron chi connectivity index (χ4n) is 2.78. The highest BCUT2D eigenvalue weighted by molar-refractivity contribution is 5.92. The number of alkyl halides is 3. The Hall–Kier alpha value is -4.22. The highest BCUT2D eigenvalue weighted by atomic mass is 19.4. The van der Waals surface area contributed by atoms with E-state index in [4.69, 9.17) is 4.74 Å². The summed E-state index contributed by atoms with van der Waals surface area (Å²) in [5.41, 5.74) is -1.22. The fraction of sp³-hybridized carbons (Fsp3) is 0.150. The van der Waals surface area contributed by atoms with Crippen molar-refractivity contribution in [2.24, 2.45) is 0 Å². The zero-order valence-electron chi connectivity index (χ0n) is 16.4. The number of nitro benzene ring substituents is 1. The number of nitrogens with zero attached hydrogens (tertiary/aromatic N) is 3. The summed E-state index contributed by atoms with van der Waals surface area (Å²) in [6, 6.07) is 10.5. The molecular formula is C20H15F3N4O5. The second-order valence-corrected chi connectivity index (χ2v) is 6.48. The minimum atomic E-state index is -4.62. The minimum absolute atomic E-state index is 0.00582. The van der Waals surface area contributed by atoms with Gasteiger partial charge in [0, 0.05) is 23.8 Å². The lowest BCUT2D eigenvalue weighted by molar-refractivity contribution is -0.384. The number of benzene rings is 2. The van der Waals surface area contributed by atoms with Crippen LogP contribution in [0.3, 0.4) is 0 Å². The maximum atomic E-state index is 13.0. The number of nitro groups is 1. The SMILES string of the molecule is COc1ccc(C(F)(F)F)cc1NC(=O)Cn1nc(-c2ccc([N+](=O)[O-])cc2)ccc1=O. The van der Waals surface area contributed by atoms with Crippen molar-refractivity contribution in [2.75, 3.05) is 12.4 Å². The van der Waals surface area contributed by atoms with Gasteiger partial charge in [-0.3, -0.25) is 19.7 Å². The second-order valence-electron chi connectivity index (χ2n) is 6.48. The summed E-state index contributed by atoms with van der Waals surface area (Å²) in [6.07, 6.45) is -4.62. The minimum Gasteiger partial charge on any atom is -0.495 e. The molecule has 1 amide bonds. The summed E-state index contributed by atoms with van der Waals surface area (Å²) in [6.45, 7) is -0.584. The molecule has 3 aromatic rings. The van der Waals surface area contributed by atoms with E-state index in [1.54, 1.807) is 0 Å². The molecule has 0 aliphatic rings. The van der Waals surface area contributed by atoms with Crippen molar-refractivity contribution in [1.29, 1.82) is 0 Å². The zero-order chi connectivity index (χ0) is 23.5. The number of anilines is 1. The van der Waals surface area contributed by atoms with E-state index in [1.807, 2.05) is 0 Å². The van der Waals surface area contributed by atoms with Crippen LogP contribution >= 0.6 is 0 Å². The van der Waals surface area contributed by atoms with Gasteiger partial charge in [-0.2, -0.15) is 18.3 Å². The lowest BCUT2D eigenvalue weighted by Crippen LogP contribution is -2.29. The van der Waals surface area contributed by atoms with Gasteiger partial charge in [0.15, 0.2) is 0 Å². The first-order valence-corrected chi connectivity index (χ1v) is 8.96. The summed E-state index contributed by atoms with van der Waals surface area (Å²) in [4.78, 5) is 34.7. The van der Waals surface area contributed by atoms with Gasteiger partial charge >= 0.3 is 6.18 Å². The van der Waals surface area contributed by atoms with Crippen molar-refractivity contribution in [3.63, 3.8) is 0 Å². The molecule has 1 N–H and O–H groups in total. The van der Waals surface area contributed by atoms with Crippen molar-refractivity contribution in [3.8, 4) is 17.0 Å². The first-order chi connectivity index (χ1) is 15.1. The fourth-order valence-corrected chi connectivity index (χ4v) is 2.78. The van der Waals surface area contributed by atoms with Crippen molar-refractivity contribution >= 4 is 17.3 Å². The van der Waals surface area contributed by atoms with Crippen molar-refractivity contribution in [2.45, 2.75) is 12.7 Å². The van der Waals surface area contributed by atoms with Crippen molar-refractivity contribution < 1.29 is 27.6 Å². The van der Waals surface area contributed by atoms with E-state index >= 15 is 0 Å². The summed E-state index contributed by atoms with van der Waals surface area (Å²) in [5.74, 6) is -0.802. The number of hydrogen-bond donors (Lipinski definition) is 1. The molecule has 1 aromatic heterocycles. The highest BCUT2D eigenvalue weighted by Gasteiger charge is 2.31. The molecule has 0 fully saturated rings. The highest BCUT2D eigenvalue weighted by Crippen LogP contribution is 2.34. The number of halogens is 3. The lowest BCUT2D eigenvalue weighted by atomic mass is 10.1. The molecule has 0 saturated carbocycles. The van der Waals surface area contributed by atoms with Gasteiger partial charge in [0.05, 0.1) is 29.0 Å². The first-order valence-electron chi connectivity index (χ1n) is 8.96. The van der Waals surface area contributed by atoms with E-state index in [1.165, 1.54) is 37.4 Å². The summed E-state index contributed by atoms with van der Waals surface area (Å²) < 4.78 is 44.7. The Morgan fingerprint density at radius 2 is 1.84 bits per heavy atom. The monoisotopic (exact) mass is 448 g/mol. The van der Waals surface area contributed by atoms with E-state index < -0.39 is 34.7 Å². The number of amides is 1. The number of hydrogen-bond acceptors (Lipinski definition) is 6. The number of ether oxygens (including phenoxy) is 1. The van der Waals surface area contributed by atoms with Crippen LogP contribution in [0.15, 0.2) is 59.4 Å². The third-order valence-corrected chi connectivity index (χ3v) is 4.33. The third-order valence-electron chi connectivity index (χ3n) is 4.33. The van der Waals surface area contributed by atoms with E-state index in [0.717, 1.165) is 28.9 Å². The molecule has 0 atom stereocenters. The van der Waals surface area contributed by atoms with Gasteiger partial charge < -0.3 is 10.1 Å². The summed E-state index contributed by atoms with van der Waals surface area (Å²) >= 11 is 0. The predicted molar refractivity (Wildman–Crippen MR) is 107 cm³/mol. The average molecular weight is 448 g/mol. The Morgan fingerprint density at radius 3 is 2.44 bits per heavy atom. The van der Waals surface area contributed by atoms with Crippen LogP contribution in [0.2, 0.25) is 0 Å². The Bertz CT molecular complexity index is 1220. The molecule has 32 heavy (non-hydrogen) atoms. The number of aromatic nitrogens is 2. The smallest absolute Gasteiger partial charge is 0.416 e. The molecule has 0 bridgehead atoms. The van der Waals surface area contributed by atoms with Gasteiger partial charge in [0.25, 0.3) is 11.2 Å². The number of carbonyl (C=O) groups is 1. The molecule has 2 aromatic carbocycles. The van der Waals surface area contributed by atoms with Crippen LogP contribution in [0.1, 0.15) is 5.56 Å². The van der Waals surface area contributed by atoms with E-state index in [9.17, 15) is 32.9 Å². The molecule has 0 unspecified atom stereocenters. The van der Waals surface area contributed by atoms with Crippen molar-refractivity contribution in [1.82, 2.24) is 9.78 Å². The average Bonchev–Trinajstić information content (AvgIpc) is 2.74. The van der Waals surface area contributed by atoms with Gasteiger partial charge in [-0.1, -0.05) is 0 Å². The van der Waals surface area contributed by atoms with Crippen LogP contribution < -0.4 is 15.6 Å². The molecular weight excluding hydrogens is 433 g/mol. The molecule has 0 aliphatic heterocycles. The molecule has 0 saturated heterocycles. The molecule has 1 heterocycles. The number of carbonyl (C=O) groups excluding carboxylic acids is 1. The van der Waals surface area contributed by atoms with Crippen LogP contribution in [0.5, 0.6) is 5.75 Å². The Balaban J connectivity index is 1.83. The van der Waals surface area contributed by atoms with Crippen LogP contribution in [0.4, 0.5) is 24.5 Å². The van der Waals surface area contributed by atoms with Crippen LogP contribution in [-0.2, 0) is 17.5 Å². The largest absolute Gasteiger partial charge is 0.495 e. The van der Waals surface area contributed by atoms with Crippen LogP contribution in [0.25, 0.3) is 11.3 Å². The van der Waals surface area contributed by atoms with Crippen LogP contribution in [-0.4, -0.2) is 27.7 Å². The standard InChI is InChI=1S/C20H15F3N4O5/c1-32-17-8-4-13(20(21,22)23)10-16(17)24-18(28)11-26-19(29)9-7-15(25-26)12-2-5-14(6-3-12)27(30)31/h2-10H,11H2,1H3,(H,24,28). The van der Waals surface area contributed by atoms with Gasteiger partial charge in [-0.15, -0.1) is 0 Å². The number of nitrogens with one attached hydrogen (secondary N) is 1. The topological polar surface area (TPSA) is 116 Å². The molecule has 0 aliphatic carbocycles. The molecule has 166 valence electrons. The lowest BCUT2D eigenvalue weighted by Gasteiger charge is -2.14. The second kappa shape index (κ2) is 8.88. The van der Waals surface area contributed by atoms with Crippen LogP contribution in [0, 0.1) is 10.1 Å². The Labute approximate surface area is 178 Å². The summed E-state index contributed by atoms with van der Waals surface area (Å²) in [7, 11) is 1.23. The van der Waals surface area contributed by atoms with E-state index in [2.05, 4.69) is 10.4 Å². The zero-order valence-corrected chi connectivity index (χ0v) is 16.4. The summed E-state index contributed by atoms with van der Waals surface area (Å²) in [5, 5.41) is 17.1. The number of non-ortho nitro benzene ring substituents is 1. The predicted octanol–water partition coefficient (Wildman–Crippen LogP) is 3.48. The third kappa shape index (κ3) is 5.09. The molecule has 12 heteroatoms. The number of rotatable bonds is 6. The van der Waals surface area contributed by atoms with Gasteiger partial charge in [-0.05, 0) is 36.4 Å². The normalized spacial score (nSPS) is 11.1. The number of methoxy groups -OCH3 is 1. The Morgan fingerprint density at radius 1 is 1.16 bits per heavy atom. The van der Waals surface area contributed by atoms with E-state index in [0.29, 0.717) is 5.56 Å².